The van der Waals surface area contributed by atoms with E-state index in [9.17, 15) is 4.79 Å². The largest absolute Gasteiger partial charge is 0.399 e. The molecular weight excluding hydrogens is 228 g/mol. The fraction of sp³-hybridized carbons (Fsp3) is 0.0769. The Morgan fingerprint density at radius 3 is 2.39 bits per heavy atom. The second-order valence-electron chi connectivity index (χ2n) is 4.09. The van der Waals surface area contributed by atoms with Crippen molar-refractivity contribution in [1.29, 1.82) is 0 Å². The van der Waals surface area contributed by atoms with Crippen molar-refractivity contribution in [3.63, 3.8) is 0 Å². The Hall–Kier alpha value is -2.56. The van der Waals surface area contributed by atoms with Gasteiger partial charge in [0, 0.05) is 23.1 Å². The number of aromatic nitrogens is 1. The summed E-state index contributed by atoms with van der Waals surface area (Å²) in [6.45, 7) is 1.90. The lowest BCUT2D eigenvalue weighted by molar-refractivity contribution is 0.102. The second kappa shape index (κ2) is 4.75. The SMILES string of the molecule is Cc1cncc(NC(=O)c2cc(N)cc(N)c2)c1. The minimum atomic E-state index is -0.263. The van der Waals surface area contributed by atoms with Crippen LogP contribution in [0.1, 0.15) is 15.9 Å². The Kier molecular flexibility index (Phi) is 3.14. The minimum Gasteiger partial charge on any atom is -0.399 e. The van der Waals surface area contributed by atoms with E-state index in [4.69, 9.17) is 11.5 Å². The zero-order valence-corrected chi connectivity index (χ0v) is 9.97. The molecule has 5 nitrogen and oxygen atoms in total. The highest BCUT2D eigenvalue weighted by molar-refractivity contribution is 6.05. The van der Waals surface area contributed by atoms with Crippen LogP contribution in [0.4, 0.5) is 17.1 Å². The van der Waals surface area contributed by atoms with Crippen LogP contribution < -0.4 is 16.8 Å². The lowest BCUT2D eigenvalue weighted by Gasteiger charge is -2.07. The number of amides is 1. The first-order chi connectivity index (χ1) is 8.54. The smallest absolute Gasteiger partial charge is 0.255 e. The van der Waals surface area contributed by atoms with Crippen LogP contribution in [-0.4, -0.2) is 10.9 Å². The number of hydrogen-bond donors (Lipinski definition) is 3. The summed E-state index contributed by atoms with van der Waals surface area (Å²) in [6, 6.07) is 6.59. The molecule has 0 fully saturated rings. The molecule has 1 heterocycles. The number of carbonyl (C=O) groups excluding carboxylic acids is 1. The molecule has 2 rings (SSSR count). The molecule has 0 aliphatic carbocycles. The van der Waals surface area contributed by atoms with Gasteiger partial charge in [-0.05, 0) is 36.8 Å². The predicted octanol–water partition coefficient (Wildman–Crippen LogP) is 1.81. The van der Waals surface area contributed by atoms with Gasteiger partial charge in [-0.15, -0.1) is 0 Å². The molecule has 0 unspecified atom stereocenters. The molecule has 1 aromatic heterocycles. The van der Waals surface area contributed by atoms with Crippen molar-refractivity contribution in [1.82, 2.24) is 4.98 Å². The summed E-state index contributed by atoms with van der Waals surface area (Å²) in [7, 11) is 0. The molecule has 1 aromatic carbocycles. The first kappa shape index (κ1) is 11.9. The highest BCUT2D eigenvalue weighted by atomic mass is 16.1. The van der Waals surface area contributed by atoms with E-state index in [1.807, 2.05) is 13.0 Å². The van der Waals surface area contributed by atoms with Gasteiger partial charge in [-0.3, -0.25) is 9.78 Å². The van der Waals surface area contributed by atoms with Crippen LogP contribution in [0.2, 0.25) is 0 Å². The number of anilines is 3. The summed E-state index contributed by atoms with van der Waals surface area (Å²) >= 11 is 0. The summed E-state index contributed by atoms with van der Waals surface area (Å²) in [6.07, 6.45) is 3.30. The molecule has 0 saturated heterocycles. The van der Waals surface area contributed by atoms with E-state index in [0.29, 0.717) is 22.6 Å². The number of rotatable bonds is 2. The normalized spacial score (nSPS) is 10.1. The number of benzene rings is 1. The zero-order chi connectivity index (χ0) is 13.1. The third-order valence-corrected chi connectivity index (χ3v) is 2.37. The maximum atomic E-state index is 12.0. The van der Waals surface area contributed by atoms with Gasteiger partial charge in [0.25, 0.3) is 5.91 Å². The fourth-order valence-electron chi connectivity index (χ4n) is 1.63. The van der Waals surface area contributed by atoms with Crippen molar-refractivity contribution in [3.05, 3.63) is 47.8 Å². The Balaban J connectivity index is 2.22. The van der Waals surface area contributed by atoms with Gasteiger partial charge in [0.1, 0.15) is 0 Å². The average molecular weight is 242 g/mol. The quantitative estimate of drug-likeness (QED) is 0.700. The van der Waals surface area contributed by atoms with Gasteiger partial charge in [-0.1, -0.05) is 0 Å². The number of nitrogens with two attached hydrogens (primary N) is 2. The van der Waals surface area contributed by atoms with E-state index in [2.05, 4.69) is 10.3 Å². The maximum absolute atomic E-state index is 12.0. The van der Waals surface area contributed by atoms with Crippen LogP contribution in [0.15, 0.2) is 36.7 Å². The first-order valence-corrected chi connectivity index (χ1v) is 5.43. The van der Waals surface area contributed by atoms with Gasteiger partial charge in [0.05, 0.1) is 11.9 Å². The molecule has 1 amide bonds. The van der Waals surface area contributed by atoms with Gasteiger partial charge < -0.3 is 16.8 Å². The Bertz CT molecular complexity index is 575. The lowest BCUT2D eigenvalue weighted by Crippen LogP contribution is -2.13. The van der Waals surface area contributed by atoms with E-state index in [0.717, 1.165) is 5.56 Å². The standard InChI is InChI=1S/C13H14N4O/c1-8-2-12(7-16-6-8)17-13(18)9-3-10(14)5-11(15)4-9/h2-7H,14-15H2,1H3,(H,17,18). The lowest BCUT2D eigenvalue weighted by atomic mass is 10.1. The molecule has 5 N–H and O–H groups in total. The van der Waals surface area contributed by atoms with Crippen LogP contribution in [0.25, 0.3) is 0 Å². The minimum absolute atomic E-state index is 0.263. The van der Waals surface area contributed by atoms with Gasteiger partial charge in [-0.25, -0.2) is 0 Å². The summed E-state index contributed by atoms with van der Waals surface area (Å²) in [5.41, 5.74) is 14.2. The molecule has 92 valence electrons. The van der Waals surface area contributed by atoms with Crippen molar-refractivity contribution in [2.45, 2.75) is 6.92 Å². The van der Waals surface area contributed by atoms with Crippen molar-refractivity contribution in [3.8, 4) is 0 Å². The van der Waals surface area contributed by atoms with Gasteiger partial charge in [-0.2, -0.15) is 0 Å². The first-order valence-electron chi connectivity index (χ1n) is 5.43. The molecule has 0 atom stereocenters. The number of hydrogen-bond acceptors (Lipinski definition) is 4. The van der Waals surface area contributed by atoms with E-state index in [1.165, 1.54) is 0 Å². The maximum Gasteiger partial charge on any atom is 0.255 e. The van der Waals surface area contributed by atoms with Crippen molar-refractivity contribution < 1.29 is 4.79 Å². The molecule has 2 aromatic rings. The van der Waals surface area contributed by atoms with Gasteiger partial charge in [0.15, 0.2) is 0 Å². The van der Waals surface area contributed by atoms with Crippen molar-refractivity contribution in [2.24, 2.45) is 0 Å². The molecule has 0 radical (unpaired) electrons. The van der Waals surface area contributed by atoms with Gasteiger partial charge >= 0.3 is 0 Å². The zero-order valence-electron chi connectivity index (χ0n) is 9.97. The van der Waals surface area contributed by atoms with Crippen LogP contribution in [0.5, 0.6) is 0 Å². The number of carbonyl (C=O) groups is 1. The highest BCUT2D eigenvalue weighted by Gasteiger charge is 2.07. The Morgan fingerprint density at radius 2 is 1.78 bits per heavy atom. The number of aryl methyl sites for hydroxylation is 1. The summed E-state index contributed by atoms with van der Waals surface area (Å²) < 4.78 is 0. The fourth-order valence-corrected chi connectivity index (χ4v) is 1.63. The Morgan fingerprint density at radius 1 is 1.11 bits per heavy atom. The molecule has 5 heteroatoms. The third kappa shape index (κ3) is 2.76. The molecule has 18 heavy (non-hydrogen) atoms. The topological polar surface area (TPSA) is 94.0 Å². The molecule has 0 bridgehead atoms. The van der Waals surface area contributed by atoms with Crippen LogP contribution in [0.3, 0.4) is 0 Å². The Labute approximate surface area is 105 Å². The molecular formula is C13H14N4O. The number of pyridine rings is 1. The predicted molar refractivity (Wildman–Crippen MR) is 72.2 cm³/mol. The molecule has 0 spiro atoms. The molecule has 0 aliphatic heterocycles. The van der Waals surface area contributed by atoms with Crippen molar-refractivity contribution in [2.75, 3.05) is 16.8 Å². The van der Waals surface area contributed by atoms with E-state index in [-0.39, 0.29) is 5.91 Å². The van der Waals surface area contributed by atoms with E-state index < -0.39 is 0 Å². The van der Waals surface area contributed by atoms with Crippen molar-refractivity contribution >= 4 is 23.0 Å². The van der Waals surface area contributed by atoms with Crippen LogP contribution in [-0.2, 0) is 0 Å². The number of nitrogen functional groups attached to an aromatic ring is 2. The van der Waals surface area contributed by atoms with Crippen LogP contribution >= 0.6 is 0 Å². The molecule has 0 aliphatic rings. The number of nitrogens with one attached hydrogen (secondary N) is 1. The average Bonchev–Trinajstić information content (AvgIpc) is 2.27. The summed E-state index contributed by atoms with van der Waals surface area (Å²) in [5, 5.41) is 2.74. The third-order valence-electron chi connectivity index (χ3n) is 2.37. The molecule has 0 saturated carbocycles. The monoisotopic (exact) mass is 242 g/mol. The van der Waals surface area contributed by atoms with Gasteiger partial charge in [0.2, 0.25) is 0 Å². The highest BCUT2D eigenvalue weighted by Crippen LogP contribution is 2.15. The summed E-state index contributed by atoms with van der Waals surface area (Å²) in [5.74, 6) is -0.263. The van der Waals surface area contributed by atoms with Crippen LogP contribution in [0, 0.1) is 6.92 Å². The number of nitrogens with zero attached hydrogens (tertiary/aromatic N) is 1. The second-order valence-corrected chi connectivity index (χ2v) is 4.09. The van der Waals surface area contributed by atoms with E-state index >= 15 is 0 Å². The summed E-state index contributed by atoms with van der Waals surface area (Å²) in [4.78, 5) is 16.0. The van der Waals surface area contributed by atoms with E-state index in [1.54, 1.807) is 30.6 Å².